The molecule has 27 heavy (non-hydrogen) atoms. The molecule has 3 heterocycles. The maximum Gasteiger partial charge on any atom is 0.129 e. The van der Waals surface area contributed by atoms with Gasteiger partial charge in [-0.3, -0.25) is 0 Å². The van der Waals surface area contributed by atoms with Crippen LogP contribution in [0.15, 0.2) is 30.8 Å². The van der Waals surface area contributed by atoms with E-state index in [2.05, 4.69) is 37.8 Å². The SMILES string of the molecule is C=Cc1ccc(C[N+]23CC[N+](CCCCCCCCCC)(CC2)CC3)cc1. The number of fused-ring (bicyclic) bond motifs is 3. The van der Waals surface area contributed by atoms with Gasteiger partial charge in [0.25, 0.3) is 0 Å². The molecule has 3 aliphatic rings. The van der Waals surface area contributed by atoms with E-state index >= 15 is 0 Å². The number of benzene rings is 1. The van der Waals surface area contributed by atoms with Crippen LogP contribution in [0.2, 0.25) is 0 Å². The zero-order chi connectivity index (χ0) is 19.0. The third-order valence-corrected chi connectivity index (χ3v) is 7.37. The van der Waals surface area contributed by atoms with Gasteiger partial charge in [-0.15, -0.1) is 0 Å². The second kappa shape index (κ2) is 9.89. The van der Waals surface area contributed by atoms with Crippen molar-refractivity contribution in [3.63, 3.8) is 0 Å². The van der Waals surface area contributed by atoms with E-state index in [0.29, 0.717) is 0 Å². The Hall–Kier alpha value is -1.12. The molecule has 0 radical (unpaired) electrons. The van der Waals surface area contributed by atoms with E-state index in [1.165, 1.54) is 124 Å². The number of quaternary nitrogens is 2. The molecule has 0 unspecified atom stereocenters. The molecule has 0 N–H and O–H groups in total. The predicted octanol–water partition coefficient (Wildman–Crippen LogP) is 5.63. The van der Waals surface area contributed by atoms with Crippen molar-refractivity contribution in [3.8, 4) is 0 Å². The number of piperazine rings is 3. The molecule has 0 atom stereocenters. The van der Waals surface area contributed by atoms with Crippen LogP contribution in [0.5, 0.6) is 0 Å². The van der Waals surface area contributed by atoms with E-state index in [9.17, 15) is 0 Å². The normalized spacial score (nSPS) is 27.0. The first-order valence-corrected chi connectivity index (χ1v) is 11.6. The Morgan fingerprint density at radius 3 is 1.81 bits per heavy atom. The van der Waals surface area contributed by atoms with Crippen LogP contribution >= 0.6 is 0 Å². The fourth-order valence-electron chi connectivity index (χ4n) is 5.24. The van der Waals surface area contributed by atoms with Gasteiger partial charge in [0.1, 0.15) is 45.8 Å². The van der Waals surface area contributed by atoms with Crippen LogP contribution in [0.4, 0.5) is 0 Å². The molecule has 1 aromatic rings. The third-order valence-electron chi connectivity index (χ3n) is 7.37. The van der Waals surface area contributed by atoms with Crippen molar-refractivity contribution in [3.05, 3.63) is 42.0 Å². The summed E-state index contributed by atoms with van der Waals surface area (Å²) in [5.74, 6) is 0. The fourth-order valence-corrected chi connectivity index (χ4v) is 5.24. The van der Waals surface area contributed by atoms with E-state index < -0.39 is 0 Å². The summed E-state index contributed by atoms with van der Waals surface area (Å²) in [6.07, 6.45) is 13.5. The lowest BCUT2D eigenvalue weighted by Crippen LogP contribution is -2.74. The smallest absolute Gasteiger partial charge is 0.129 e. The van der Waals surface area contributed by atoms with Crippen molar-refractivity contribution in [1.82, 2.24) is 0 Å². The van der Waals surface area contributed by atoms with E-state index in [1.807, 2.05) is 6.08 Å². The largest absolute Gasteiger partial charge is 0.310 e. The second-order valence-corrected chi connectivity index (χ2v) is 9.33. The van der Waals surface area contributed by atoms with Gasteiger partial charge < -0.3 is 8.97 Å². The molecule has 0 aliphatic carbocycles. The standard InChI is InChI=1S/C25H42N2/c1-3-5-6-7-8-9-10-11-16-26-17-20-27(21-18-26,22-19-26)23-25-14-12-24(4-2)13-15-25/h4,12-15H,2-3,5-11,16-23H2,1H3/q+2. The van der Waals surface area contributed by atoms with Crippen molar-refractivity contribution >= 4 is 6.08 Å². The average Bonchev–Trinajstić information content (AvgIpc) is 2.72. The summed E-state index contributed by atoms with van der Waals surface area (Å²) in [6.45, 7) is 17.3. The van der Waals surface area contributed by atoms with Crippen molar-refractivity contribution in [1.29, 1.82) is 0 Å². The Labute approximate surface area is 168 Å². The summed E-state index contributed by atoms with van der Waals surface area (Å²) in [6, 6.07) is 9.07. The van der Waals surface area contributed by atoms with Crippen molar-refractivity contribution < 1.29 is 8.97 Å². The number of unbranched alkanes of at least 4 members (excludes halogenated alkanes) is 7. The van der Waals surface area contributed by atoms with E-state index in [0.717, 1.165) is 0 Å². The van der Waals surface area contributed by atoms with Crippen molar-refractivity contribution in [2.24, 2.45) is 0 Å². The van der Waals surface area contributed by atoms with Crippen LogP contribution in [0.25, 0.3) is 6.08 Å². The summed E-state index contributed by atoms with van der Waals surface area (Å²) in [4.78, 5) is 0. The van der Waals surface area contributed by atoms with Crippen LogP contribution in [-0.2, 0) is 6.54 Å². The van der Waals surface area contributed by atoms with Gasteiger partial charge in [-0.1, -0.05) is 82.4 Å². The molecular weight excluding hydrogens is 328 g/mol. The summed E-state index contributed by atoms with van der Waals surface area (Å²) < 4.78 is 2.77. The zero-order valence-corrected chi connectivity index (χ0v) is 17.8. The minimum absolute atomic E-state index is 1.23. The molecular formula is C25H42N2+2. The van der Waals surface area contributed by atoms with E-state index in [4.69, 9.17) is 0 Å². The van der Waals surface area contributed by atoms with Gasteiger partial charge in [0, 0.05) is 5.56 Å². The predicted molar refractivity (Wildman–Crippen MR) is 117 cm³/mol. The number of nitrogens with zero attached hydrogens (tertiary/aromatic N) is 2. The molecule has 150 valence electrons. The first-order chi connectivity index (χ1) is 13.2. The van der Waals surface area contributed by atoms with Crippen LogP contribution in [-0.4, -0.2) is 54.8 Å². The molecule has 2 bridgehead atoms. The van der Waals surface area contributed by atoms with Crippen molar-refractivity contribution in [2.75, 3.05) is 45.8 Å². The lowest BCUT2D eigenvalue weighted by molar-refractivity contribution is -1.09. The highest BCUT2D eigenvalue weighted by atomic mass is 15.5. The number of hydrogen-bond donors (Lipinski definition) is 0. The second-order valence-electron chi connectivity index (χ2n) is 9.33. The molecule has 0 saturated carbocycles. The van der Waals surface area contributed by atoms with Gasteiger partial charge in [0.05, 0.1) is 6.54 Å². The zero-order valence-electron chi connectivity index (χ0n) is 17.8. The quantitative estimate of drug-likeness (QED) is 0.330. The van der Waals surface area contributed by atoms with Gasteiger partial charge >= 0.3 is 0 Å². The highest BCUT2D eigenvalue weighted by Crippen LogP contribution is 2.29. The number of hydrogen-bond acceptors (Lipinski definition) is 0. The Balaban J connectivity index is 1.38. The first-order valence-electron chi connectivity index (χ1n) is 11.6. The van der Waals surface area contributed by atoms with Crippen LogP contribution in [0.3, 0.4) is 0 Å². The molecule has 0 aromatic heterocycles. The monoisotopic (exact) mass is 370 g/mol. The molecule has 2 nitrogen and oxygen atoms in total. The molecule has 3 aliphatic heterocycles. The Morgan fingerprint density at radius 2 is 1.26 bits per heavy atom. The molecule has 4 rings (SSSR count). The maximum atomic E-state index is 3.87. The van der Waals surface area contributed by atoms with Crippen LogP contribution in [0.1, 0.15) is 69.4 Å². The highest BCUT2D eigenvalue weighted by molar-refractivity contribution is 5.47. The van der Waals surface area contributed by atoms with Gasteiger partial charge in [0.15, 0.2) is 0 Å². The lowest BCUT2D eigenvalue weighted by Gasteiger charge is -2.55. The summed E-state index contributed by atoms with van der Waals surface area (Å²) in [5.41, 5.74) is 2.74. The highest BCUT2D eigenvalue weighted by Gasteiger charge is 2.48. The summed E-state index contributed by atoms with van der Waals surface area (Å²) in [5, 5.41) is 0. The van der Waals surface area contributed by atoms with Gasteiger partial charge in [0.2, 0.25) is 0 Å². The molecule has 3 fully saturated rings. The molecule has 0 amide bonds. The van der Waals surface area contributed by atoms with Crippen LogP contribution in [0, 0.1) is 0 Å². The molecule has 2 heteroatoms. The third kappa shape index (κ3) is 5.68. The molecule has 0 spiro atoms. The Morgan fingerprint density at radius 1 is 0.741 bits per heavy atom. The van der Waals surface area contributed by atoms with Gasteiger partial charge in [-0.2, -0.15) is 0 Å². The first kappa shape index (κ1) is 20.6. The van der Waals surface area contributed by atoms with Gasteiger partial charge in [-0.25, -0.2) is 0 Å². The Bertz CT molecular complexity index is 550. The summed E-state index contributed by atoms with van der Waals surface area (Å²) >= 11 is 0. The van der Waals surface area contributed by atoms with E-state index in [-0.39, 0.29) is 0 Å². The minimum Gasteiger partial charge on any atom is -0.310 e. The fraction of sp³-hybridized carbons (Fsp3) is 0.680. The molecule has 1 aromatic carbocycles. The Kier molecular flexibility index (Phi) is 7.55. The topological polar surface area (TPSA) is 0 Å². The summed E-state index contributed by atoms with van der Waals surface area (Å²) in [7, 11) is 0. The lowest BCUT2D eigenvalue weighted by atomic mass is 10.0. The van der Waals surface area contributed by atoms with Gasteiger partial charge in [-0.05, 0) is 18.4 Å². The molecule has 3 saturated heterocycles. The van der Waals surface area contributed by atoms with Crippen LogP contribution < -0.4 is 0 Å². The van der Waals surface area contributed by atoms with Crippen molar-refractivity contribution in [2.45, 2.75) is 64.8 Å². The minimum atomic E-state index is 1.23. The number of rotatable bonds is 12. The average molecular weight is 371 g/mol. The maximum absolute atomic E-state index is 3.87. The van der Waals surface area contributed by atoms with E-state index in [1.54, 1.807) is 0 Å².